The predicted molar refractivity (Wildman–Crippen MR) is 40.2 cm³/mol. The molecule has 1 heterocycles. The van der Waals surface area contributed by atoms with Gasteiger partial charge in [-0.25, -0.2) is 0 Å². The van der Waals surface area contributed by atoms with Crippen molar-refractivity contribution in [2.24, 2.45) is 0 Å². The molecule has 0 amide bonds. The Kier molecular flexibility index (Phi) is 4.48. The summed E-state index contributed by atoms with van der Waals surface area (Å²) in [5.41, 5.74) is 0. The summed E-state index contributed by atoms with van der Waals surface area (Å²) in [6.07, 6.45) is 3.97. The molecule has 0 unspecified atom stereocenters. The Hall–Kier alpha value is -0.260. The molecule has 0 aromatic carbocycles. The van der Waals surface area contributed by atoms with Crippen LogP contribution in [-0.4, -0.2) is 31.2 Å². The van der Waals surface area contributed by atoms with Gasteiger partial charge in [0.15, 0.2) is 6.54 Å². The zero-order valence-corrected chi connectivity index (χ0v) is 7.77. The first-order valence-corrected chi connectivity index (χ1v) is 3.97. The highest BCUT2D eigenvalue weighted by atomic mass is 35.5. The third-order valence-electron chi connectivity index (χ3n) is 2.35. The largest absolute Gasteiger partial charge is 1.00 e. The van der Waals surface area contributed by atoms with Crippen LogP contribution < -0.4 is 12.4 Å². The van der Waals surface area contributed by atoms with Crippen LogP contribution in [-0.2, 0) is 0 Å². The molecule has 0 aromatic heterocycles. The highest BCUT2D eigenvalue weighted by molar-refractivity contribution is 4.69. The number of quaternary nitrogens is 1. The number of hydrogen-bond acceptors (Lipinski definition) is 1. The van der Waals surface area contributed by atoms with Gasteiger partial charge in [0, 0.05) is 0 Å². The molecule has 0 radical (unpaired) electrons. The van der Waals surface area contributed by atoms with E-state index in [4.69, 9.17) is 5.26 Å². The maximum absolute atomic E-state index is 8.52. The summed E-state index contributed by atoms with van der Waals surface area (Å²) in [6, 6.07) is 2.25. The van der Waals surface area contributed by atoms with Gasteiger partial charge in [0.2, 0.25) is 0 Å². The molecule has 1 saturated heterocycles. The third kappa shape index (κ3) is 3.09. The summed E-state index contributed by atoms with van der Waals surface area (Å²) in [6.45, 7) is 3.10. The van der Waals surface area contributed by atoms with E-state index in [9.17, 15) is 0 Å². The molecule has 0 aromatic rings. The SMILES string of the molecule is C[N+]1(CC#N)CCCCC1.[Cl-]. The van der Waals surface area contributed by atoms with Crippen LogP contribution in [0.5, 0.6) is 0 Å². The van der Waals surface area contributed by atoms with E-state index < -0.39 is 0 Å². The number of likely N-dealkylation sites (tertiary alicyclic amines) is 1. The Morgan fingerprint density at radius 2 is 1.82 bits per heavy atom. The number of halogens is 1. The molecule has 0 N–H and O–H groups in total. The van der Waals surface area contributed by atoms with E-state index in [1.165, 1.54) is 32.4 Å². The zero-order chi connectivity index (χ0) is 7.45. The van der Waals surface area contributed by atoms with E-state index in [-0.39, 0.29) is 12.4 Å². The zero-order valence-electron chi connectivity index (χ0n) is 7.02. The maximum atomic E-state index is 8.52. The van der Waals surface area contributed by atoms with Crippen molar-refractivity contribution < 1.29 is 16.9 Å². The number of nitriles is 1. The standard InChI is InChI=1S/C8H15N2.ClH/c1-10(8-5-9)6-3-2-4-7-10;/h2-4,6-8H2,1H3;1H/q+1;/p-1. The lowest BCUT2D eigenvalue weighted by atomic mass is 10.1. The van der Waals surface area contributed by atoms with Gasteiger partial charge >= 0.3 is 0 Å². The van der Waals surface area contributed by atoms with Gasteiger partial charge in [-0.15, -0.1) is 0 Å². The molecule has 64 valence electrons. The van der Waals surface area contributed by atoms with Gasteiger partial charge in [-0.1, -0.05) is 0 Å². The fraction of sp³-hybridized carbons (Fsp3) is 0.875. The van der Waals surface area contributed by atoms with Gasteiger partial charge in [0.25, 0.3) is 0 Å². The molecule has 0 atom stereocenters. The van der Waals surface area contributed by atoms with Gasteiger partial charge in [0.1, 0.15) is 6.07 Å². The second-order valence-electron chi connectivity index (χ2n) is 3.44. The molecular formula is C8H15ClN2. The van der Waals surface area contributed by atoms with Gasteiger partial charge < -0.3 is 16.9 Å². The van der Waals surface area contributed by atoms with Gasteiger partial charge in [-0.05, 0) is 19.3 Å². The first-order valence-electron chi connectivity index (χ1n) is 3.97. The molecule has 1 aliphatic rings. The van der Waals surface area contributed by atoms with E-state index in [1.807, 2.05) is 0 Å². The normalized spacial score (nSPS) is 21.5. The van der Waals surface area contributed by atoms with E-state index in [1.54, 1.807) is 0 Å². The lowest BCUT2D eigenvalue weighted by molar-refractivity contribution is -0.907. The van der Waals surface area contributed by atoms with Crippen molar-refractivity contribution in [1.82, 2.24) is 0 Å². The summed E-state index contributed by atoms with van der Waals surface area (Å²) in [5.74, 6) is 0. The minimum atomic E-state index is 0. The molecule has 11 heavy (non-hydrogen) atoms. The average Bonchev–Trinajstić information content (AvgIpc) is 1.89. The number of hydrogen-bond donors (Lipinski definition) is 0. The first kappa shape index (κ1) is 10.7. The van der Waals surface area contributed by atoms with E-state index >= 15 is 0 Å². The van der Waals surface area contributed by atoms with Crippen LogP contribution in [0.1, 0.15) is 19.3 Å². The summed E-state index contributed by atoms with van der Waals surface area (Å²) < 4.78 is 0.983. The minimum Gasteiger partial charge on any atom is -1.00 e. The monoisotopic (exact) mass is 174 g/mol. The van der Waals surface area contributed by atoms with Crippen molar-refractivity contribution in [1.29, 1.82) is 5.26 Å². The van der Waals surface area contributed by atoms with Crippen LogP contribution in [0, 0.1) is 11.3 Å². The number of piperidine rings is 1. The van der Waals surface area contributed by atoms with E-state index in [0.29, 0.717) is 6.54 Å². The smallest absolute Gasteiger partial charge is 0.166 e. The number of rotatable bonds is 1. The fourth-order valence-corrected chi connectivity index (χ4v) is 1.60. The summed E-state index contributed by atoms with van der Waals surface area (Å²) in [4.78, 5) is 0. The molecule has 1 rings (SSSR count). The molecule has 3 heteroatoms. The molecule has 0 spiro atoms. The maximum Gasteiger partial charge on any atom is 0.166 e. The second-order valence-corrected chi connectivity index (χ2v) is 3.44. The van der Waals surface area contributed by atoms with Crippen molar-refractivity contribution in [3.63, 3.8) is 0 Å². The Balaban J connectivity index is 0.000001000. The Labute approximate surface area is 74.8 Å². The van der Waals surface area contributed by atoms with Crippen LogP contribution in [0.15, 0.2) is 0 Å². The highest BCUT2D eigenvalue weighted by Gasteiger charge is 2.23. The van der Waals surface area contributed by atoms with Crippen molar-refractivity contribution in [2.45, 2.75) is 19.3 Å². The van der Waals surface area contributed by atoms with Gasteiger partial charge in [0.05, 0.1) is 20.1 Å². The van der Waals surface area contributed by atoms with E-state index in [2.05, 4.69) is 13.1 Å². The van der Waals surface area contributed by atoms with Crippen LogP contribution >= 0.6 is 0 Å². The lowest BCUT2D eigenvalue weighted by Gasteiger charge is -2.35. The Bertz CT molecular complexity index is 145. The predicted octanol–water partition coefficient (Wildman–Crippen LogP) is -1.86. The lowest BCUT2D eigenvalue weighted by Crippen LogP contribution is -3.00. The van der Waals surface area contributed by atoms with Crippen LogP contribution in [0.4, 0.5) is 0 Å². The summed E-state index contributed by atoms with van der Waals surface area (Å²) in [7, 11) is 2.18. The quantitative estimate of drug-likeness (QED) is 0.338. The average molecular weight is 175 g/mol. The van der Waals surface area contributed by atoms with Gasteiger partial charge in [-0.2, -0.15) is 5.26 Å². The molecule has 0 saturated carbocycles. The van der Waals surface area contributed by atoms with Crippen molar-refractivity contribution >= 4 is 0 Å². The van der Waals surface area contributed by atoms with Crippen molar-refractivity contribution in [3.05, 3.63) is 0 Å². The molecule has 0 aliphatic carbocycles. The van der Waals surface area contributed by atoms with Gasteiger partial charge in [-0.3, -0.25) is 0 Å². The Morgan fingerprint density at radius 3 is 2.27 bits per heavy atom. The highest BCUT2D eigenvalue weighted by Crippen LogP contribution is 2.14. The van der Waals surface area contributed by atoms with Crippen LogP contribution in [0.25, 0.3) is 0 Å². The van der Waals surface area contributed by atoms with Crippen LogP contribution in [0.3, 0.4) is 0 Å². The molecule has 1 aliphatic heterocycles. The topological polar surface area (TPSA) is 23.8 Å². The molecule has 0 bridgehead atoms. The second kappa shape index (κ2) is 4.58. The Morgan fingerprint density at radius 1 is 1.27 bits per heavy atom. The molecule has 2 nitrogen and oxygen atoms in total. The molecular weight excluding hydrogens is 160 g/mol. The molecule has 1 fully saturated rings. The minimum absolute atomic E-state index is 0. The third-order valence-corrected chi connectivity index (χ3v) is 2.35. The van der Waals surface area contributed by atoms with E-state index in [0.717, 1.165) is 4.48 Å². The summed E-state index contributed by atoms with van der Waals surface area (Å²) >= 11 is 0. The van der Waals surface area contributed by atoms with Crippen molar-refractivity contribution in [3.8, 4) is 6.07 Å². The summed E-state index contributed by atoms with van der Waals surface area (Å²) in [5, 5.41) is 8.52. The number of nitrogens with zero attached hydrogens (tertiary/aromatic N) is 2. The first-order chi connectivity index (χ1) is 4.77. The fourth-order valence-electron chi connectivity index (χ4n) is 1.60. The van der Waals surface area contributed by atoms with Crippen molar-refractivity contribution in [2.75, 3.05) is 26.7 Å². The van der Waals surface area contributed by atoms with Crippen LogP contribution in [0.2, 0.25) is 0 Å².